The van der Waals surface area contributed by atoms with Gasteiger partial charge in [-0.1, -0.05) is 19.1 Å². The summed E-state index contributed by atoms with van der Waals surface area (Å²) in [6, 6.07) is 8.14. The fraction of sp³-hybridized carbons (Fsp3) is 0.455. The van der Waals surface area contributed by atoms with Crippen molar-refractivity contribution in [3.05, 3.63) is 29.8 Å². The van der Waals surface area contributed by atoms with Crippen molar-refractivity contribution in [3.8, 4) is 5.75 Å². The van der Waals surface area contributed by atoms with Crippen molar-refractivity contribution in [1.82, 2.24) is 0 Å². The first-order valence-corrected chi connectivity index (χ1v) is 4.98. The highest BCUT2D eigenvalue weighted by Gasteiger charge is 2.01. The molecule has 0 heterocycles. The minimum absolute atomic E-state index is 0.537. The van der Waals surface area contributed by atoms with E-state index in [2.05, 4.69) is 19.1 Å². The fourth-order valence-corrected chi connectivity index (χ4v) is 1.33. The minimum Gasteiger partial charge on any atom is -0.497 e. The number of benzene rings is 1. The van der Waals surface area contributed by atoms with Gasteiger partial charge in [-0.2, -0.15) is 0 Å². The summed E-state index contributed by atoms with van der Waals surface area (Å²) in [7, 11) is 1.68. The number of alkyl halides is 1. The van der Waals surface area contributed by atoms with Gasteiger partial charge in [-0.3, -0.25) is 0 Å². The van der Waals surface area contributed by atoms with E-state index in [0.29, 0.717) is 11.8 Å². The van der Waals surface area contributed by atoms with Crippen LogP contribution in [0.5, 0.6) is 5.75 Å². The van der Waals surface area contributed by atoms with Crippen molar-refractivity contribution >= 4 is 11.6 Å². The van der Waals surface area contributed by atoms with Crippen molar-refractivity contribution in [2.75, 3.05) is 13.0 Å². The highest BCUT2D eigenvalue weighted by Crippen LogP contribution is 2.14. The fourth-order valence-electron chi connectivity index (χ4n) is 1.22. The number of halogens is 1. The van der Waals surface area contributed by atoms with E-state index < -0.39 is 0 Å². The Kier molecular flexibility index (Phi) is 4.10. The summed E-state index contributed by atoms with van der Waals surface area (Å²) in [5, 5.41) is 0. The Morgan fingerprint density at radius 3 is 2.38 bits per heavy atom. The van der Waals surface area contributed by atoms with Crippen LogP contribution in [0.4, 0.5) is 0 Å². The van der Waals surface area contributed by atoms with Crippen molar-refractivity contribution in [2.45, 2.75) is 13.3 Å². The Morgan fingerprint density at radius 1 is 1.31 bits per heavy atom. The van der Waals surface area contributed by atoms with Gasteiger partial charge in [0.2, 0.25) is 0 Å². The third-order valence-electron chi connectivity index (χ3n) is 2.01. The summed E-state index contributed by atoms with van der Waals surface area (Å²) < 4.78 is 5.07. The second kappa shape index (κ2) is 5.13. The minimum atomic E-state index is 0.537. The van der Waals surface area contributed by atoms with Crippen molar-refractivity contribution < 1.29 is 4.74 Å². The second-order valence-electron chi connectivity index (χ2n) is 3.31. The molecule has 0 spiro atoms. The molecule has 1 atom stereocenters. The van der Waals surface area contributed by atoms with Gasteiger partial charge >= 0.3 is 0 Å². The maximum Gasteiger partial charge on any atom is 0.118 e. The van der Waals surface area contributed by atoms with Crippen LogP contribution in [-0.4, -0.2) is 13.0 Å². The van der Waals surface area contributed by atoms with Crippen molar-refractivity contribution in [1.29, 1.82) is 0 Å². The zero-order valence-corrected chi connectivity index (χ0v) is 8.84. The number of rotatable bonds is 4. The van der Waals surface area contributed by atoms with Crippen LogP contribution in [0.25, 0.3) is 0 Å². The van der Waals surface area contributed by atoms with E-state index in [4.69, 9.17) is 16.3 Å². The van der Waals surface area contributed by atoms with Gasteiger partial charge in [-0.05, 0) is 30.0 Å². The van der Waals surface area contributed by atoms with Crippen LogP contribution in [0, 0.1) is 5.92 Å². The number of ether oxygens (including phenoxy) is 1. The second-order valence-corrected chi connectivity index (χ2v) is 3.62. The standard InChI is InChI=1S/C11H15ClO/c1-9(8-12)7-10-3-5-11(13-2)6-4-10/h3-6,9H,7-8H2,1-2H3/t9-/m0/s1. The summed E-state index contributed by atoms with van der Waals surface area (Å²) in [6.45, 7) is 2.15. The molecule has 0 bridgehead atoms. The Bertz CT molecular complexity index is 243. The molecule has 72 valence electrons. The first kappa shape index (κ1) is 10.4. The summed E-state index contributed by atoms with van der Waals surface area (Å²) in [6.07, 6.45) is 1.04. The monoisotopic (exact) mass is 198 g/mol. The third-order valence-corrected chi connectivity index (χ3v) is 2.53. The third kappa shape index (κ3) is 3.27. The highest BCUT2D eigenvalue weighted by atomic mass is 35.5. The molecule has 1 aromatic rings. The molecule has 0 fully saturated rings. The van der Waals surface area contributed by atoms with Gasteiger partial charge in [0.05, 0.1) is 7.11 Å². The molecule has 1 rings (SSSR count). The molecule has 0 saturated heterocycles. The quantitative estimate of drug-likeness (QED) is 0.676. The maximum atomic E-state index is 5.74. The van der Waals surface area contributed by atoms with E-state index in [9.17, 15) is 0 Å². The van der Waals surface area contributed by atoms with E-state index in [1.165, 1.54) is 5.56 Å². The molecule has 1 aromatic carbocycles. The molecule has 1 nitrogen and oxygen atoms in total. The lowest BCUT2D eigenvalue weighted by atomic mass is 10.0. The number of hydrogen-bond acceptors (Lipinski definition) is 1. The first-order valence-electron chi connectivity index (χ1n) is 4.45. The van der Waals surface area contributed by atoms with Gasteiger partial charge in [-0.15, -0.1) is 11.6 Å². The van der Waals surface area contributed by atoms with E-state index in [1.807, 2.05) is 12.1 Å². The van der Waals surface area contributed by atoms with Gasteiger partial charge in [0.15, 0.2) is 0 Å². The molecule has 0 N–H and O–H groups in total. The molecule has 0 aromatic heterocycles. The molecule has 0 amide bonds. The average molecular weight is 199 g/mol. The molecule has 0 radical (unpaired) electrons. The number of hydrogen-bond donors (Lipinski definition) is 0. The van der Waals surface area contributed by atoms with Crippen molar-refractivity contribution in [2.24, 2.45) is 5.92 Å². The molecule has 2 heteroatoms. The normalized spacial score (nSPS) is 12.5. The van der Waals surface area contributed by atoms with Gasteiger partial charge in [0, 0.05) is 5.88 Å². The predicted octanol–water partition coefficient (Wildman–Crippen LogP) is 3.11. The molecule has 0 saturated carbocycles. The van der Waals surface area contributed by atoms with E-state index in [1.54, 1.807) is 7.11 Å². The maximum absolute atomic E-state index is 5.74. The van der Waals surface area contributed by atoms with Gasteiger partial charge in [-0.25, -0.2) is 0 Å². The summed E-state index contributed by atoms with van der Waals surface area (Å²) >= 11 is 5.74. The molecule has 0 unspecified atom stereocenters. The van der Waals surface area contributed by atoms with Crippen molar-refractivity contribution in [3.63, 3.8) is 0 Å². The summed E-state index contributed by atoms with van der Waals surface area (Å²) in [4.78, 5) is 0. The molecule has 0 aliphatic carbocycles. The van der Waals surface area contributed by atoms with Crippen LogP contribution in [0.2, 0.25) is 0 Å². The Hall–Kier alpha value is -0.690. The van der Waals surface area contributed by atoms with Gasteiger partial charge < -0.3 is 4.74 Å². The van der Waals surface area contributed by atoms with Crippen LogP contribution < -0.4 is 4.74 Å². The van der Waals surface area contributed by atoms with E-state index in [-0.39, 0.29) is 0 Å². The van der Waals surface area contributed by atoms with Gasteiger partial charge in [0.25, 0.3) is 0 Å². The lowest BCUT2D eigenvalue weighted by Gasteiger charge is -2.07. The topological polar surface area (TPSA) is 9.23 Å². The molecular formula is C11H15ClO. The highest BCUT2D eigenvalue weighted by molar-refractivity contribution is 6.18. The van der Waals surface area contributed by atoms with Crippen LogP contribution in [0.3, 0.4) is 0 Å². The largest absolute Gasteiger partial charge is 0.497 e. The Labute approximate surface area is 84.7 Å². The lowest BCUT2D eigenvalue weighted by Crippen LogP contribution is -2.00. The summed E-state index contributed by atoms with van der Waals surface area (Å²) in [5.74, 6) is 2.16. The number of methoxy groups -OCH3 is 1. The van der Waals surface area contributed by atoms with Gasteiger partial charge in [0.1, 0.15) is 5.75 Å². The lowest BCUT2D eigenvalue weighted by molar-refractivity contribution is 0.414. The van der Waals surface area contributed by atoms with Crippen LogP contribution >= 0.6 is 11.6 Å². The average Bonchev–Trinajstić information content (AvgIpc) is 2.19. The SMILES string of the molecule is COc1ccc(C[C@H](C)CCl)cc1. The predicted molar refractivity (Wildman–Crippen MR) is 56.6 cm³/mol. The smallest absolute Gasteiger partial charge is 0.118 e. The van der Waals surface area contributed by atoms with E-state index in [0.717, 1.165) is 12.2 Å². The van der Waals surface area contributed by atoms with Crippen LogP contribution in [0.1, 0.15) is 12.5 Å². The zero-order valence-electron chi connectivity index (χ0n) is 8.09. The summed E-state index contributed by atoms with van der Waals surface area (Å²) in [5.41, 5.74) is 1.31. The molecule has 13 heavy (non-hydrogen) atoms. The molecule has 0 aliphatic rings. The zero-order chi connectivity index (χ0) is 9.68. The molecular weight excluding hydrogens is 184 g/mol. The van der Waals surface area contributed by atoms with Crippen LogP contribution in [0.15, 0.2) is 24.3 Å². The first-order chi connectivity index (χ1) is 6.26. The van der Waals surface area contributed by atoms with E-state index >= 15 is 0 Å². The Morgan fingerprint density at radius 2 is 1.92 bits per heavy atom. The van der Waals surface area contributed by atoms with Crippen LogP contribution in [-0.2, 0) is 6.42 Å². The Balaban J connectivity index is 2.58. The molecule has 0 aliphatic heterocycles.